The molecule has 2 nitrogen and oxygen atoms in total. The van der Waals surface area contributed by atoms with Crippen molar-refractivity contribution in [2.75, 3.05) is 5.88 Å². The van der Waals surface area contributed by atoms with E-state index in [2.05, 4.69) is 21.2 Å². The Bertz CT molecular complexity index is 412. The van der Waals surface area contributed by atoms with Gasteiger partial charge in [-0.05, 0) is 31.0 Å². The molecule has 0 aliphatic heterocycles. The van der Waals surface area contributed by atoms with Crippen LogP contribution in [0.5, 0.6) is 0 Å². The van der Waals surface area contributed by atoms with Gasteiger partial charge in [-0.1, -0.05) is 27.5 Å². The fourth-order valence-electron chi connectivity index (χ4n) is 1.44. The van der Waals surface area contributed by atoms with Gasteiger partial charge in [-0.3, -0.25) is 4.79 Å². The molecule has 1 fully saturated rings. The number of alkyl halides is 1. The predicted octanol–water partition coefficient (Wildman–Crippen LogP) is 3.60. The van der Waals surface area contributed by atoms with Gasteiger partial charge in [-0.15, -0.1) is 11.6 Å². The van der Waals surface area contributed by atoms with Crippen molar-refractivity contribution in [1.29, 1.82) is 0 Å². The van der Waals surface area contributed by atoms with Crippen LogP contribution in [0.1, 0.15) is 23.2 Å². The largest absolute Gasteiger partial charge is 0.345 e. The molecule has 0 saturated heterocycles. The minimum Gasteiger partial charge on any atom is -0.345 e. The number of amides is 1. The van der Waals surface area contributed by atoms with Crippen LogP contribution in [0.2, 0.25) is 5.02 Å². The zero-order valence-electron chi connectivity index (χ0n) is 8.40. The summed E-state index contributed by atoms with van der Waals surface area (Å²) in [5.41, 5.74) is 0.365. The van der Waals surface area contributed by atoms with Gasteiger partial charge in [0.2, 0.25) is 0 Å². The molecule has 16 heavy (non-hydrogen) atoms. The highest BCUT2D eigenvalue weighted by atomic mass is 79.9. The van der Waals surface area contributed by atoms with Crippen molar-refractivity contribution in [2.24, 2.45) is 0 Å². The Hall–Kier alpha value is -0.250. The topological polar surface area (TPSA) is 29.1 Å². The van der Waals surface area contributed by atoms with E-state index in [0.29, 0.717) is 16.5 Å². The van der Waals surface area contributed by atoms with Crippen molar-refractivity contribution < 1.29 is 4.79 Å². The summed E-state index contributed by atoms with van der Waals surface area (Å²) in [6.45, 7) is 0. The fraction of sp³-hybridized carbons (Fsp3) is 0.364. The Morgan fingerprint density at radius 2 is 2.12 bits per heavy atom. The maximum Gasteiger partial charge on any atom is 0.251 e. The molecule has 0 atom stereocenters. The Kier molecular flexibility index (Phi) is 3.48. The molecule has 1 aliphatic rings. The van der Waals surface area contributed by atoms with Gasteiger partial charge in [0.1, 0.15) is 0 Å². The van der Waals surface area contributed by atoms with Crippen LogP contribution in [0.3, 0.4) is 0 Å². The molecule has 1 aliphatic carbocycles. The molecule has 0 aromatic heterocycles. The lowest BCUT2D eigenvalue weighted by molar-refractivity contribution is 0.0936. The van der Waals surface area contributed by atoms with Gasteiger partial charge < -0.3 is 5.32 Å². The standard InChI is InChI=1S/C11H10BrCl2NO/c12-8-3-7(4-9(14)5-8)10(16)15-11(6-13)1-2-11/h3-5H,1-2,6H2,(H,15,16). The minimum absolute atomic E-state index is 0.124. The van der Waals surface area contributed by atoms with Gasteiger partial charge in [0.15, 0.2) is 0 Å². The number of hydrogen-bond acceptors (Lipinski definition) is 1. The first-order valence-corrected chi connectivity index (χ1v) is 6.60. The molecule has 2 rings (SSSR count). The maximum atomic E-state index is 11.9. The number of benzene rings is 1. The van der Waals surface area contributed by atoms with E-state index in [0.717, 1.165) is 17.3 Å². The van der Waals surface area contributed by atoms with Gasteiger partial charge in [0.05, 0.1) is 5.54 Å². The Balaban J connectivity index is 2.14. The molecule has 86 valence electrons. The van der Waals surface area contributed by atoms with Gasteiger partial charge in [-0.2, -0.15) is 0 Å². The summed E-state index contributed by atoms with van der Waals surface area (Å²) >= 11 is 15.0. The van der Waals surface area contributed by atoms with Crippen molar-refractivity contribution in [1.82, 2.24) is 5.32 Å². The average molecular weight is 323 g/mol. The summed E-state index contributed by atoms with van der Waals surface area (Å²) in [4.78, 5) is 11.9. The molecule has 1 aromatic rings. The lowest BCUT2D eigenvalue weighted by Crippen LogP contribution is -2.38. The van der Waals surface area contributed by atoms with Gasteiger partial charge >= 0.3 is 0 Å². The van der Waals surface area contributed by atoms with Crippen molar-refractivity contribution >= 4 is 45.0 Å². The third-order valence-electron chi connectivity index (χ3n) is 2.61. The molecule has 0 heterocycles. The number of nitrogens with one attached hydrogen (secondary N) is 1. The fourth-order valence-corrected chi connectivity index (χ4v) is 2.64. The summed E-state index contributed by atoms with van der Waals surface area (Å²) in [6, 6.07) is 5.13. The van der Waals surface area contributed by atoms with Gasteiger partial charge in [0.25, 0.3) is 5.91 Å². The summed E-state index contributed by atoms with van der Waals surface area (Å²) < 4.78 is 0.792. The van der Waals surface area contributed by atoms with E-state index in [4.69, 9.17) is 23.2 Å². The summed E-state index contributed by atoms with van der Waals surface area (Å²) in [6.07, 6.45) is 1.90. The lowest BCUT2D eigenvalue weighted by atomic mass is 10.2. The van der Waals surface area contributed by atoms with Crippen LogP contribution in [0, 0.1) is 0 Å². The maximum absolute atomic E-state index is 11.9. The third kappa shape index (κ3) is 2.70. The zero-order valence-corrected chi connectivity index (χ0v) is 11.5. The molecule has 0 spiro atoms. The molecular weight excluding hydrogens is 313 g/mol. The van der Waals surface area contributed by atoms with Gasteiger partial charge in [0, 0.05) is 20.9 Å². The first-order valence-electron chi connectivity index (χ1n) is 4.89. The summed E-state index contributed by atoms with van der Waals surface area (Å²) in [7, 11) is 0. The SMILES string of the molecule is O=C(NC1(CCl)CC1)c1cc(Cl)cc(Br)c1. The van der Waals surface area contributed by atoms with E-state index in [-0.39, 0.29) is 11.4 Å². The molecule has 0 bridgehead atoms. The van der Waals surface area contributed by atoms with E-state index in [1.807, 2.05) is 0 Å². The van der Waals surface area contributed by atoms with Crippen LogP contribution in [0.15, 0.2) is 22.7 Å². The molecule has 1 amide bonds. The zero-order chi connectivity index (χ0) is 11.8. The highest BCUT2D eigenvalue weighted by Crippen LogP contribution is 2.36. The van der Waals surface area contributed by atoms with Crippen LogP contribution < -0.4 is 5.32 Å². The molecule has 1 saturated carbocycles. The van der Waals surface area contributed by atoms with Crippen LogP contribution in [-0.4, -0.2) is 17.3 Å². The highest BCUT2D eigenvalue weighted by Gasteiger charge is 2.43. The van der Waals surface area contributed by atoms with Crippen LogP contribution in [-0.2, 0) is 0 Å². The predicted molar refractivity (Wildman–Crippen MR) is 69.3 cm³/mol. The van der Waals surface area contributed by atoms with Crippen molar-refractivity contribution in [2.45, 2.75) is 18.4 Å². The molecule has 1 aromatic carbocycles. The van der Waals surface area contributed by atoms with Gasteiger partial charge in [-0.25, -0.2) is 0 Å². The Morgan fingerprint density at radius 1 is 1.44 bits per heavy atom. The molecule has 1 N–H and O–H groups in total. The first kappa shape index (κ1) is 12.2. The summed E-state index contributed by atoms with van der Waals surface area (Å²) in [5.74, 6) is 0.335. The van der Waals surface area contributed by atoms with Crippen molar-refractivity contribution in [3.05, 3.63) is 33.3 Å². The summed E-state index contributed by atoms with van der Waals surface area (Å²) in [5, 5.41) is 3.47. The second-order valence-corrected chi connectivity index (χ2v) is 5.65. The van der Waals surface area contributed by atoms with Crippen LogP contribution in [0.25, 0.3) is 0 Å². The number of carbonyl (C=O) groups excluding carboxylic acids is 1. The first-order chi connectivity index (χ1) is 7.54. The quantitative estimate of drug-likeness (QED) is 0.846. The average Bonchev–Trinajstić information content (AvgIpc) is 2.97. The number of carbonyl (C=O) groups is 1. The number of halogens is 3. The lowest BCUT2D eigenvalue weighted by Gasteiger charge is -2.14. The normalized spacial score (nSPS) is 16.9. The molecule has 0 radical (unpaired) electrons. The Morgan fingerprint density at radius 3 is 2.62 bits per heavy atom. The van der Waals surface area contributed by atoms with Crippen LogP contribution in [0.4, 0.5) is 0 Å². The molecule has 0 unspecified atom stereocenters. The highest BCUT2D eigenvalue weighted by molar-refractivity contribution is 9.10. The smallest absolute Gasteiger partial charge is 0.251 e. The van der Waals surface area contributed by atoms with E-state index in [1.165, 1.54) is 0 Å². The molecular formula is C11H10BrCl2NO. The number of hydrogen-bond donors (Lipinski definition) is 1. The van der Waals surface area contributed by atoms with E-state index in [9.17, 15) is 4.79 Å². The van der Waals surface area contributed by atoms with Crippen molar-refractivity contribution in [3.63, 3.8) is 0 Å². The minimum atomic E-state index is -0.187. The Labute approximate surface area is 112 Å². The monoisotopic (exact) mass is 321 g/mol. The second kappa shape index (κ2) is 4.55. The molecule has 5 heteroatoms. The third-order valence-corrected chi connectivity index (χ3v) is 3.80. The van der Waals surface area contributed by atoms with E-state index < -0.39 is 0 Å². The second-order valence-electron chi connectivity index (χ2n) is 4.03. The number of rotatable bonds is 3. The van der Waals surface area contributed by atoms with Crippen molar-refractivity contribution in [3.8, 4) is 0 Å². The van der Waals surface area contributed by atoms with E-state index in [1.54, 1.807) is 18.2 Å². The van der Waals surface area contributed by atoms with Crippen LogP contribution >= 0.6 is 39.1 Å². The van der Waals surface area contributed by atoms with E-state index >= 15 is 0 Å².